The highest BCUT2D eigenvalue weighted by Gasteiger charge is 2.27. The first-order valence-corrected chi connectivity index (χ1v) is 9.31. The largest absolute Gasteiger partial charge is 0.497 e. The summed E-state index contributed by atoms with van der Waals surface area (Å²) >= 11 is 5.93. The summed E-state index contributed by atoms with van der Waals surface area (Å²) in [6.45, 7) is 1.82. The maximum atomic E-state index is 12.8. The number of aromatic nitrogens is 1. The summed E-state index contributed by atoms with van der Waals surface area (Å²) in [6.07, 6.45) is 0. The number of anilines is 1. The van der Waals surface area contributed by atoms with Crippen molar-refractivity contribution in [1.82, 2.24) is 5.16 Å². The minimum Gasteiger partial charge on any atom is -0.497 e. The van der Waals surface area contributed by atoms with Crippen LogP contribution in [0.15, 0.2) is 47.0 Å². The predicted octanol–water partition coefficient (Wildman–Crippen LogP) is 4.44. The first kappa shape index (κ1) is 21.2. The third kappa shape index (κ3) is 4.55. The lowest BCUT2D eigenvalue weighted by atomic mass is 10.1. The van der Waals surface area contributed by atoms with Gasteiger partial charge in [0.05, 0.1) is 20.8 Å². The van der Waals surface area contributed by atoms with Crippen molar-refractivity contribution in [1.29, 1.82) is 0 Å². The number of nitrogens with zero attached hydrogens (tertiary/aromatic N) is 1. The van der Waals surface area contributed by atoms with E-state index in [0.717, 1.165) is 0 Å². The first-order chi connectivity index (χ1) is 14.5. The zero-order chi connectivity index (χ0) is 21.7. The molecule has 0 aliphatic carbocycles. The van der Waals surface area contributed by atoms with Crippen molar-refractivity contribution in [3.8, 4) is 22.8 Å². The van der Waals surface area contributed by atoms with Crippen LogP contribution in [0.1, 0.15) is 27.6 Å². The molecule has 2 aromatic carbocycles. The second kappa shape index (κ2) is 9.32. The van der Waals surface area contributed by atoms with Crippen molar-refractivity contribution in [2.75, 3.05) is 26.1 Å². The van der Waals surface area contributed by atoms with Crippen LogP contribution in [0.2, 0.25) is 5.02 Å². The quantitative estimate of drug-likeness (QED) is 0.553. The molecule has 0 saturated heterocycles. The summed E-state index contributed by atoms with van der Waals surface area (Å²) in [7, 11) is 2.95. The Morgan fingerprint density at radius 2 is 1.70 bits per heavy atom. The number of carbonyl (C=O) groups excluding carboxylic acids is 2. The second-order valence-corrected chi connectivity index (χ2v) is 6.45. The molecule has 3 aromatic rings. The highest BCUT2D eigenvalue weighted by molar-refractivity contribution is 6.30. The summed E-state index contributed by atoms with van der Waals surface area (Å²) in [4.78, 5) is 25.4. The van der Waals surface area contributed by atoms with E-state index in [9.17, 15) is 9.59 Å². The van der Waals surface area contributed by atoms with Crippen LogP contribution < -0.4 is 14.8 Å². The number of methoxy groups -OCH3 is 2. The molecule has 0 radical (unpaired) electrons. The number of nitrogens with one attached hydrogen (secondary N) is 1. The molecule has 1 amide bonds. The van der Waals surface area contributed by atoms with E-state index in [0.29, 0.717) is 22.1 Å². The van der Waals surface area contributed by atoms with Gasteiger partial charge in [0.1, 0.15) is 17.2 Å². The van der Waals surface area contributed by atoms with Crippen molar-refractivity contribution < 1.29 is 28.3 Å². The summed E-state index contributed by atoms with van der Waals surface area (Å²) in [5.74, 6) is -0.488. The summed E-state index contributed by atoms with van der Waals surface area (Å²) in [5.41, 5.74) is 1.05. The van der Waals surface area contributed by atoms with E-state index in [-0.39, 0.29) is 29.3 Å². The molecule has 0 unspecified atom stereocenters. The standard InChI is InChI=1S/C21H19ClN2O6/c1-4-29-21(26)17-18(12-5-7-14(22)8-6-12)24-30-20(17)23-19(25)13-9-15(27-2)11-16(10-13)28-3/h5-11H,4H2,1-3H3,(H,23,25). The van der Waals surface area contributed by atoms with E-state index in [1.807, 2.05) is 0 Å². The molecule has 1 heterocycles. The van der Waals surface area contributed by atoms with E-state index < -0.39 is 11.9 Å². The van der Waals surface area contributed by atoms with E-state index in [1.54, 1.807) is 37.3 Å². The molecule has 0 saturated carbocycles. The molecule has 8 nitrogen and oxygen atoms in total. The molecular formula is C21H19ClN2O6. The highest BCUT2D eigenvalue weighted by Crippen LogP contribution is 2.31. The van der Waals surface area contributed by atoms with E-state index >= 15 is 0 Å². The van der Waals surface area contributed by atoms with Gasteiger partial charge in [-0.2, -0.15) is 0 Å². The Kier molecular flexibility index (Phi) is 6.58. The van der Waals surface area contributed by atoms with Gasteiger partial charge in [-0.25, -0.2) is 4.79 Å². The van der Waals surface area contributed by atoms with Gasteiger partial charge in [-0.3, -0.25) is 10.1 Å². The fraction of sp³-hybridized carbons (Fsp3) is 0.190. The van der Waals surface area contributed by atoms with Gasteiger partial charge in [0.2, 0.25) is 5.88 Å². The number of benzene rings is 2. The molecule has 3 rings (SSSR count). The molecule has 0 fully saturated rings. The first-order valence-electron chi connectivity index (χ1n) is 8.94. The van der Waals surface area contributed by atoms with Crippen LogP contribution in [-0.4, -0.2) is 37.9 Å². The van der Waals surface area contributed by atoms with Gasteiger partial charge in [0, 0.05) is 22.2 Å². The van der Waals surface area contributed by atoms with Gasteiger partial charge in [0.25, 0.3) is 5.91 Å². The number of amides is 1. The molecule has 9 heteroatoms. The molecule has 156 valence electrons. The Labute approximate surface area is 177 Å². The fourth-order valence-electron chi connectivity index (χ4n) is 2.69. The molecule has 30 heavy (non-hydrogen) atoms. The normalized spacial score (nSPS) is 10.4. The zero-order valence-electron chi connectivity index (χ0n) is 16.5. The smallest absolute Gasteiger partial charge is 0.346 e. The van der Waals surface area contributed by atoms with Gasteiger partial charge in [0.15, 0.2) is 5.56 Å². The number of halogens is 1. The Hall–Kier alpha value is -3.52. The average Bonchev–Trinajstić information content (AvgIpc) is 3.17. The predicted molar refractivity (Wildman–Crippen MR) is 110 cm³/mol. The lowest BCUT2D eigenvalue weighted by Crippen LogP contribution is -2.15. The number of carbonyl (C=O) groups is 2. The van der Waals surface area contributed by atoms with E-state index in [2.05, 4.69) is 10.5 Å². The van der Waals surface area contributed by atoms with Crippen LogP contribution in [0.4, 0.5) is 5.88 Å². The maximum absolute atomic E-state index is 12.8. The molecule has 1 aromatic heterocycles. The van der Waals surface area contributed by atoms with Crippen molar-refractivity contribution in [3.05, 3.63) is 58.6 Å². The Morgan fingerprint density at radius 1 is 1.07 bits per heavy atom. The second-order valence-electron chi connectivity index (χ2n) is 6.02. The molecular weight excluding hydrogens is 412 g/mol. The average molecular weight is 431 g/mol. The van der Waals surface area contributed by atoms with Gasteiger partial charge < -0.3 is 18.7 Å². The third-order valence-electron chi connectivity index (χ3n) is 4.13. The van der Waals surface area contributed by atoms with Crippen molar-refractivity contribution >= 4 is 29.4 Å². The topological polar surface area (TPSA) is 99.9 Å². The molecule has 0 aliphatic rings. The van der Waals surface area contributed by atoms with Crippen molar-refractivity contribution in [2.24, 2.45) is 0 Å². The van der Waals surface area contributed by atoms with Crippen LogP contribution in [0, 0.1) is 0 Å². The van der Waals surface area contributed by atoms with Gasteiger partial charge in [-0.05, 0) is 31.2 Å². The van der Waals surface area contributed by atoms with Crippen LogP contribution in [0.5, 0.6) is 11.5 Å². The summed E-state index contributed by atoms with van der Waals surface area (Å²) < 4.78 is 20.8. The highest BCUT2D eigenvalue weighted by atomic mass is 35.5. The Balaban J connectivity index is 1.98. The van der Waals surface area contributed by atoms with Crippen molar-refractivity contribution in [2.45, 2.75) is 6.92 Å². The number of esters is 1. The third-order valence-corrected chi connectivity index (χ3v) is 4.38. The van der Waals surface area contributed by atoms with Gasteiger partial charge >= 0.3 is 5.97 Å². The molecule has 0 atom stereocenters. The van der Waals surface area contributed by atoms with Crippen LogP contribution in [0.3, 0.4) is 0 Å². The minimum atomic E-state index is -0.678. The van der Waals surface area contributed by atoms with Crippen LogP contribution >= 0.6 is 11.6 Å². The number of rotatable bonds is 7. The van der Waals surface area contributed by atoms with E-state index in [1.165, 1.54) is 26.4 Å². The van der Waals surface area contributed by atoms with Gasteiger partial charge in [-0.1, -0.05) is 28.9 Å². The minimum absolute atomic E-state index is 0.00221. The summed E-state index contributed by atoms with van der Waals surface area (Å²) in [5, 5.41) is 7.04. The lowest BCUT2D eigenvalue weighted by Gasteiger charge is -2.09. The van der Waals surface area contributed by atoms with Crippen molar-refractivity contribution in [3.63, 3.8) is 0 Å². The fourth-order valence-corrected chi connectivity index (χ4v) is 2.81. The van der Waals surface area contributed by atoms with Crippen LogP contribution in [-0.2, 0) is 4.74 Å². The maximum Gasteiger partial charge on any atom is 0.346 e. The van der Waals surface area contributed by atoms with Crippen LogP contribution in [0.25, 0.3) is 11.3 Å². The monoisotopic (exact) mass is 430 g/mol. The summed E-state index contributed by atoms with van der Waals surface area (Å²) in [6, 6.07) is 11.4. The van der Waals surface area contributed by atoms with E-state index in [4.69, 9.17) is 30.3 Å². The number of ether oxygens (including phenoxy) is 3. The molecule has 0 spiro atoms. The lowest BCUT2D eigenvalue weighted by molar-refractivity contribution is 0.0528. The number of hydrogen-bond donors (Lipinski definition) is 1. The van der Waals surface area contributed by atoms with Gasteiger partial charge in [-0.15, -0.1) is 0 Å². The number of hydrogen-bond acceptors (Lipinski definition) is 7. The molecule has 1 N–H and O–H groups in total. The molecule has 0 aliphatic heterocycles. The zero-order valence-corrected chi connectivity index (χ0v) is 17.3. The Morgan fingerprint density at radius 3 is 2.27 bits per heavy atom. The SMILES string of the molecule is CCOC(=O)c1c(-c2ccc(Cl)cc2)noc1NC(=O)c1cc(OC)cc(OC)c1. The Bertz CT molecular complexity index is 1040. The molecule has 0 bridgehead atoms.